The van der Waals surface area contributed by atoms with Crippen LogP contribution >= 0.6 is 0 Å². The Kier molecular flexibility index (Phi) is 4.00. The van der Waals surface area contributed by atoms with Crippen molar-refractivity contribution < 1.29 is 9.90 Å². The van der Waals surface area contributed by atoms with Gasteiger partial charge in [-0.25, -0.2) is 0 Å². The van der Waals surface area contributed by atoms with E-state index in [4.69, 9.17) is 5.11 Å². The van der Waals surface area contributed by atoms with E-state index < -0.39 is 5.97 Å². The minimum Gasteiger partial charge on any atom is -0.481 e. The van der Waals surface area contributed by atoms with E-state index >= 15 is 0 Å². The molecule has 0 bridgehead atoms. The van der Waals surface area contributed by atoms with Gasteiger partial charge in [-0.05, 0) is 29.5 Å². The summed E-state index contributed by atoms with van der Waals surface area (Å²) in [5.74, 6) is -0.726. The molecule has 2 rings (SSSR count). The summed E-state index contributed by atoms with van der Waals surface area (Å²) < 4.78 is 0. The highest BCUT2D eigenvalue weighted by Crippen LogP contribution is 2.26. The lowest BCUT2D eigenvalue weighted by atomic mass is 9.94. The minimum atomic E-state index is -0.756. The summed E-state index contributed by atoms with van der Waals surface area (Å²) in [5.41, 5.74) is 4.60. The van der Waals surface area contributed by atoms with E-state index in [0.717, 1.165) is 11.1 Å². The fraction of sp³-hybridized carbons (Fsp3) is 0.235. The van der Waals surface area contributed by atoms with Gasteiger partial charge in [-0.2, -0.15) is 0 Å². The van der Waals surface area contributed by atoms with Crippen LogP contribution in [0, 0.1) is 6.92 Å². The van der Waals surface area contributed by atoms with E-state index in [1.165, 1.54) is 11.1 Å². The van der Waals surface area contributed by atoms with Gasteiger partial charge in [-0.15, -0.1) is 0 Å². The summed E-state index contributed by atoms with van der Waals surface area (Å²) in [6.07, 6.45) is 0.164. The van der Waals surface area contributed by atoms with Gasteiger partial charge in [0.2, 0.25) is 0 Å². The molecule has 2 aromatic rings. The van der Waals surface area contributed by atoms with Crippen molar-refractivity contribution in [3.63, 3.8) is 0 Å². The molecule has 0 spiro atoms. The predicted octanol–water partition coefficient (Wildman–Crippen LogP) is 4.24. The Labute approximate surface area is 113 Å². The van der Waals surface area contributed by atoms with Crippen LogP contribution in [0.3, 0.4) is 0 Å². The van der Waals surface area contributed by atoms with Crippen LogP contribution in [0.5, 0.6) is 0 Å². The Bertz CT molecular complexity index is 587. The first-order chi connectivity index (χ1) is 9.06. The Hall–Kier alpha value is -2.09. The van der Waals surface area contributed by atoms with Gasteiger partial charge < -0.3 is 5.11 Å². The van der Waals surface area contributed by atoms with Crippen LogP contribution in [0.4, 0.5) is 0 Å². The lowest BCUT2D eigenvalue weighted by Gasteiger charge is -2.11. The molecule has 0 saturated carbocycles. The zero-order valence-corrected chi connectivity index (χ0v) is 11.3. The van der Waals surface area contributed by atoms with Crippen molar-refractivity contribution in [3.8, 4) is 11.1 Å². The molecule has 0 aliphatic rings. The Morgan fingerprint density at radius 1 is 1.11 bits per heavy atom. The summed E-state index contributed by atoms with van der Waals surface area (Å²) in [6.45, 7) is 4.02. The van der Waals surface area contributed by atoms with Gasteiger partial charge in [0.05, 0.1) is 6.42 Å². The van der Waals surface area contributed by atoms with Crippen molar-refractivity contribution in [3.05, 3.63) is 59.7 Å². The van der Waals surface area contributed by atoms with E-state index in [1.807, 2.05) is 25.1 Å². The van der Waals surface area contributed by atoms with E-state index in [0.29, 0.717) is 0 Å². The maximum Gasteiger partial charge on any atom is 0.303 e. The van der Waals surface area contributed by atoms with Gasteiger partial charge in [-0.3, -0.25) is 4.79 Å². The standard InChI is InChI=1S/C17H18O2/c1-12-5-3-7-15(9-12)16-8-4-6-14(11-16)13(2)10-17(18)19/h3-9,11,13H,10H2,1-2H3,(H,18,19). The number of carboxylic acids is 1. The first kappa shape index (κ1) is 13.3. The predicted molar refractivity (Wildman–Crippen MR) is 77.3 cm³/mol. The molecular weight excluding hydrogens is 236 g/mol. The monoisotopic (exact) mass is 254 g/mol. The third kappa shape index (κ3) is 3.44. The van der Waals surface area contributed by atoms with Crippen LogP contribution in [0.25, 0.3) is 11.1 Å². The van der Waals surface area contributed by atoms with Crippen LogP contribution in [-0.2, 0) is 4.79 Å². The second-order valence-electron chi connectivity index (χ2n) is 4.99. The van der Waals surface area contributed by atoms with Crippen LogP contribution in [0.15, 0.2) is 48.5 Å². The van der Waals surface area contributed by atoms with Crippen molar-refractivity contribution in [1.29, 1.82) is 0 Å². The van der Waals surface area contributed by atoms with E-state index in [9.17, 15) is 4.79 Å². The molecule has 0 aromatic heterocycles. The topological polar surface area (TPSA) is 37.3 Å². The smallest absolute Gasteiger partial charge is 0.303 e. The highest BCUT2D eigenvalue weighted by atomic mass is 16.4. The summed E-state index contributed by atoms with van der Waals surface area (Å²) in [7, 11) is 0. The average Bonchev–Trinajstić information content (AvgIpc) is 2.38. The molecular formula is C17H18O2. The van der Waals surface area contributed by atoms with Gasteiger partial charge in [-0.1, -0.05) is 61.0 Å². The van der Waals surface area contributed by atoms with Gasteiger partial charge in [0.15, 0.2) is 0 Å². The largest absolute Gasteiger partial charge is 0.481 e. The SMILES string of the molecule is Cc1cccc(-c2cccc(C(C)CC(=O)O)c2)c1. The number of aliphatic carboxylic acids is 1. The number of aryl methyl sites for hydroxylation is 1. The lowest BCUT2D eigenvalue weighted by Crippen LogP contribution is -2.02. The maximum absolute atomic E-state index is 10.8. The zero-order valence-electron chi connectivity index (χ0n) is 11.3. The summed E-state index contributed by atoms with van der Waals surface area (Å²) in [6, 6.07) is 16.5. The molecule has 0 heterocycles. The van der Waals surface area contributed by atoms with Crippen molar-refractivity contribution in [2.75, 3.05) is 0 Å². The number of benzene rings is 2. The van der Waals surface area contributed by atoms with Gasteiger partial charge in [0.1, 0.15) is 0 Å². The molecule has 1 unspecified atom stereocenters. The highest BCUT2D eigenvalue weighted by molar-refractivity contribution is 5.69. The molecule has 0 radical (unpaired) electrons. The second-order valence-corrected chi connectivity index (χ2v) is 4.99. The number of hydrogen-bond donors (Lipinski definition) is 1. The van der Waals surface area contributed by atoms with Crippen LogP contribution < -0.4 is 0 Å². The van der Waals surface area contributed by atoms with Crippen molar-refractivity contribution in [2.24, 2.45) is 0 Å². The third-order valence-electron chi connectivity index (χ3n) is 3.29. The van der Waals surface area contributed by atoms with Gasteiger partial charge >= 0.3 is 5.97 Å². The maximum atomic E-state index is 10.8. The molecule has 0 aliphatic heterocycles. The molecule has 1 atom stereocenters. The van der Waals surface area contributed by atoms with E-state index in [1.54, 1.807) is 0 Å². The van der Waals surface area contributed by atoms with Crippen molar-refractivity contribution in [1.82, 2.24) is 0 Å². The lowest BCUT2D eigenvalue weighted by molar-refractivity contribution is -0.137. The van der Waals surface area contributed by atoms with E-state index in [-0.39, 0.29) is 12.3 Å². The molecule has 2 nitrogen and oxygen atoms in total. The van der Waals surface area contributed by atoms with Crippen molar-refractivity contribution in [2.45, 2.75) is 26.2 Å². The third-order valence-corrected chi connectivity index (χ3v) is 3.29. The first-order valence-corrected chi connectivity index (χ1v) is 6.45. The number of hydrogen-bond acceptors (Lipinski definition) is 1. The quantitative estimate of drug-likeness (QED) is 0.886. The molecule has 0 fully saturated rings. The molecule has 1 N–H and O–H groups in total. The zero-order chi connectivity index (χ0) is 13.8. The number of carboxylic acid groups (broad SMARTS) is 1. The molecule has 19 heavy (non-hydrogen) atoms. The van der Waals surface area contributed by atoms with Gasteiger partial charge in [0.25, 0.3) is 0 Å². The number of rotatable bonds is 4. The van der Waals surface area contributed by atoms with Gasteiger partial charge in [0, 0.05) is 0 Å². The van der Waals surface area contributed by atoms with Crippen LogP contribution in [0.1, 0.15) is 30.4 Å². The molecule has 2 aromatic carbocycles. The number of carbonyl (C=O) groups is 1. The van der Waals surface area contributed by atoms with Crippen LogP contribution in [0.2, 0.25) is 0 Å². The Morgan fingerprint density at radius 3 is 2.37 bits per heavy atom. The summed E-state index contributed by atoms with van der Waals surface area (Å²) in [4.78, 5) is 10.8. The van der Waals surface area contributed by atoms with Crippen molar-refractivity contribution >= 4 is 5.97 Å². The normalized spacial score (nSPS) is 12.1. The molecule has 0 saturated heterocycles. The summed E-state index contributed by atoms with van der Waals surface area (Å²) in [5, 5.41) is 8.87. The first-order valence-electron chi connectivity index (χ1n) is 6.45. The highest BCUT2D eigenvalue weighted by Gasteiger charge is 2.10. The second kappa shape index (κ2) is 5.70. The summed E-state index contributed by atoms with van der Waals surface area (Å²) >= 11 is 0. The fourth-order valence-electron chi connectivity index (χ4n) is 2.23. The minimum absolute atomic E-state index is 0.0299. The fourth-order valence-corrected chi connectivity index (χ4v) is 2.23. The Morgan fingerprint density at radius 2 is 1.74 bits per heavy atom. The van der Waals surface area contributed by atoms with E-state index in [2.05, 4.69) is 37.3 Å². The average molecular weight is 254 g/mol. The van der Waals surface area contributed by atoms with Crippen LogP contribution in [-0.4, -0.2) is 11.1 Å². The Balaban J connectivity index is 2.31. The molecule has 0 aliphatic carbocycles. The molecule has 98 valence electrons. The molecule has 0 amide bonds. The molecule has 2 heteroatoms.